The lowest BCUT2D eigenvalue weighted by Crippen LogP contribution is -2.25. The highest BCUT2D eigenvalue weighted by molar-refractivity contribution is 4.72. The molecule has 0 N–H and O–H groups in total. The summed E-state index contributed by atoms with van der Waals surface area (Å²) in [4.78, 5) is 2.53. The normalized spacial score (nSPS) is 22.0. The molecule has 0 aliphatic carbocycles. The average molecular weight is 173 g/mol. The van der Waals surface area contributed by atoms with Crippen LogP contribution in [0.1, 0.15) is 54.4 Å². The van der Waals surface area contributed by atoms with Crippen molar-refractivity contribution in [3.05, 3.63) is 0 Å². The molecule has 0 spiro atoms. The van der Waals surface area contributed by atoms with Crippen molar-refractivity contribution in [2.75, 3.05) is 13.1 Å². The van der Waals surface area contributed by atoms with Gasteiger partial charge in [0, 0.05) is 6.04 Å². The number of hydrogen-bond donors (Lipinski definition) is 0. The minimum absolute atomic E-state index is 0.861. The van der Waals surface area contributed by atoms with Gasteiger partial charge in [-0.1, -0.05) is 34.6 Å². The van der Waals surface area contributed by atoms with Crippen molar-refractivity contribution < 1.29 is 0 Å². The van der Waals surface area contributed by atoms with Gasteiger partial charge in [0.05, 0.1) is 0 Å². The third-order valence-electron chi connectivity index (χ3n) is 2.10. The zero-order valence-electron chi connectivity index (χ0n) is 9.85. The summed E-state index contributed by atoms with van der Waals surface area (Å²) in [5.74, 6) is 0. The van der Waals surface area contributed by atoms with Crippen molar-refractivity contribution in [2.24, 2.45) is 0 Å². The van der Waals surface area contributed by atoms with Crippen LogP contribution in [0.15, 0.2) is 0 Å². The van der Waals surface area contributed by atoms with Crippen molar-refractivity contribution in [3.8, 4) is 0 Å². The molecule has 1 heterocycles. The quantitative estimate of drug-likeness (QED) is 0.586. The molecule has 0 saturated carbocycles. The molecule has 1 fully saturated rings. The van der Waals surface area contributed by atoms with Gasteiger partial charge in [-0.15, -0.1) is 0 Å². The van der Waals surface area contributed by atoms with Gasteiger partial charge < -0.3 is 4.90 Å². The molecule has 0 aromatic heterocycles. The van der Waals surface area contributed by atoms with Gasteiger partial charge in [0.2, 0.25) is 0 Å². The molecule has 1 saturated heterocycles. The van der Waals surface area contributed by atoms with Crippen LogP contribution in [0.2, 0.25) is 0 Å². The molecule has 0 bridgehead atoms. The number of nitrogens with zero attached hydrogens (tertiary/aromatic N) is 1. The van der Waals surface area contributed by atoms with Gasteiger partial charge in [-0.3, -0.25) is 0 Å². The third kappa shape index (κ3) is 5.59. The highest BCUT2D eigenvalue weighted by atomic mass is 15.2. The predicted octanol–water partition coefficient (Wildman–Crippen LogP) is 3.54. The summed E-state index contributed by atoms with van der Waals surface area (Å²) >= 11 is 0. The molecule has 76 valence electrons. The summed E-state index contributed by atoms with van der Waals surface area (Å²) in [7, 11) is 0. The Hall–Kier alpha value is -0.0400. The molecule has 0 aromatic carbocycles. The SMILES string of the molecule is CC.CC.CCN1CCCC1C. The Morgan fingerprint density at radius 1 is 1.17 bits per heavy atom. The summed E-state index contributed by atoms with van der Waals surface area (Å²) in [5, 5.41) is 0. The van der Waals surface area contributed by atoms with Crippen LogP contribution in [0.3, 0.4) is 0 Å². The first kappa shape index (κ1) is 14.5. The Morgan fingerprint density at radius 2 is 1.67 bits per heavy atom. The lowest BCUT2D eigenvalue weighted by Gasteiger charge is -2.17. The van der Waals surface area contributed by atoms with E-state index in [0.717, 1.165) is 6.04 Å². The number of likely N-dealkylation sites (tertiary alicyclic amines) is 1. The molecule has 0 aromatic rings. The largest absolute Gasteiger partial charge is 0.301 e. The highest BCUT2D eigenvalue weighted by Gasteiger charge is 2.16. The van der Waals surface area contributed by atoms with Crippen molar-refractivity contribution in [1.29, 1.82) is 0 Å². The molecule has 1 rings (SSSR count). The van der Waals surface area contributed by atoms with E-state index in [0.29, 0.717) is 0 Å². The van der Waals surface area contributed by atoms with Gasteiger partial charge in [-0.25, -0.2) is 0 Å². The van der Waals surface area contributed by atoms with Crippen molar-refractivity contribution in [1.82, 2.24) is 4.90 Å². The van der Waals surface area contributed by atoms with Gasteiger partial charge in [-0.2, -0.15) is 0 Å². The van der Waals surface area contributed by atoms with Crippen LogP contribution in [0.25, 0.3) is 0 Å². The van der Waals surface area contributed by atoms with Gasteiger partial charge in [-0.05, 0) is 32.9 Å². The zero-order valence-corrected chi connectivity index (χ0v) is 9.85. The van der Waals surface area contributed by atoms with Crippen LogP contribution in [-0.4, -0.2) is 24.0 Å². The van der Waals surface area contributed by atoms with E-state index >= 15 is 0 Å². The van der Waals surface area contributed by atoms with E-state index in [1.54, 1.807) is 0 Å². The number of hydrogen-bond acceptors (Lipinski definition) is 1. The fourth-order valence-electron chi connectivity index (χ4n) is 1.46. The Kier molecular flexibility index (Phi) is 13.2. The topological polar surface area (TPSA) is 3.24 Å². The van der Waals surface area contributed by atoms with Crippen molar-refractivity contribution in [3.63, 3.8) is 0 Å². The molecule has 1 unspecified atom stereocenters. The Balaban J connectivity index is 0. The lowest BCUT2D eigenvalue weighted by molar-refractivity contribution is 0.284. The van der Waals surface area contributed by atoms with E-state index in [4.69, 9.17) is 0 Å². The summed E-state index contributed by atoms with van der Waals surface area (Å²) < 4.78 is 0. The molecular formula is C11H27N. The molecule has 1 atom stereocenters. The van der Waals surface area contributed by atoms with E-state index < -0.39 is 0 Å². The van der Waals surface area contributed by atoms with Crippen molar-refractivity contribution >= 4 is 0 Å². The minimum Gasteiger partial charge on any atom is -0.301 e. The van der Waals surface area contributed by atoms with Gasteiger partial charge in [0.15, 0.2) is 0 Å². The Morgan fingerprint density at radius 3 is 1.83 bits per heavy atom. The fraction of sp³-hybridized carbons (Fsp3) is 1.00. The molecule has 1 heteroatoms. The second-order valence-corrected chi connectivity index (χ2v) is 2.62. The zero-order chi connectivity index (χ0) is 9.98. The Labute approximate surface area is 79.2 Å². The second-order valence-electron chi connectivity index (χ2n) is 2.62. The summed E-state index contributed by atoms with van der Waals surface area (Å²) in [6, 6.07) is 0.861. The lowest BCUT2D eigenvalue weighted by atomic mass is 10.2. The smallest absolute Gasteiger partial charge is 0.00672 e. The first-order valence-corrected chi connectivity index (χ1v) is 5.58. The standard InChI is InChI=1S/C7H15N.2C2H6/c1-3-8-6-4-5-7(8)2;2*1-2/h7H,3-6H2,1-2H3;2*1-2H3. The van der Waals surface area contributed by atoms with Crippen LogP contribution in [0, 0.1) is 0 Å². The van der Waals surface area contributed by atoms with E-state index in [1.807, 2.05) is 27.7 Å². The number of rotatable bonds is 1. The Bertz CT molecular complexity index is 71.4. The summed E-state index contributed by atoms with van der Waals surface area (Å²) in [6.45, 7) is 15.1. The van der Waals surface area contributed by atoms with E-state index in [2.05, 4.69) is 18.7 Å². The monoisotopic (exact) mass is 173 g/mol. The van der Waals surface area contributed by atoms with Crippen LogP contribution in [0.5, 0.6) is 0 Å². The molecule has 12 heavy (non-hydrogen) atoms. The molecule has 0 radical (unpaired) electrons. The fourth-order valence-corrected chi connectivity index (χ4v) is 1.46. The van der Waals surface area contributed by atoms with Crippen LogP contribution in [-0.2, 0) is 0 Å². The average Bonchev–Trinajstić information content (AvgIpc) is 2.58. The van der Waals surface area contributed by atoms with Crippen LogP contribution < -0.4 is 0 Å². The van der Waals surface area contributed by atoms with E-state index in [-0.39, 0.29) is 0 Å². The third-order valence-corrected chi connectivity index (χ3v) is 2.10. The maximum atomic E-state index is 2.53. The van der Waals surface area contributed by atoms with Gasteiger partial charge >= 0.3 is 0 Å². The predicted molar refractivity (Wildman–Crippen MR) is 58.6 cm³/mol. The molecule has 1 aliphatic rings. The van der Waals surface area contributed by atoms with Crippen LogP contribution in [0.4, 0.5) is 0 Å². The molecule has 0 amide bonds. The van der Waals surface area contributed by atoms with Gasteiger partial charge in [0.25, 0.3) is 0 Å². The van der Waals surface area contributed by atoms with Gasteiger partial charge in [0.1, 0.15) is 0 Å². The van der Waals surface area contributed by atoms with E-state index in [1.165, 1.54) is 25.9 Å². The first-order valence-electron chi connectivity index (χ1n) is 5.58. The second kappa shape index (κ2) is 11.0. The molecule has 1 nitrogen and oxygen atoms in total. The molecule has 1 aliphatic heterocycles. The van der Waals surface area contributed by atoms with Crippen LogP contribution >= 0.6 is 0 Å². The maximum absolute atomic E-state index is 2.53. The minimum atomic E-state index is 0.861. The first-order chi connectivity index (χ1) is 5.84. The maximum Gasteiger partial charge on any atom is 0.00672 e. The highest BCUT2D eigenvalue weighted by Crippen LogP contribution is 2.14. The summed E-state index contributed by atoms with van der Waals surface area (Å²) in [6.07, 6.45) is 2.82. The van der Waals surface area contributed by atoms with Crippen molar-refractivity contribution in [2.45, 2.75) is 60.4 Å². The molecular weight excluding hydrogens is 146 g/mol. The van der Waals surface area contributed by atoms with E-state index in [9.17, 15) is 0 Å². The summed E-state index contributed by atoms with van der Waals surface area (Å²) in [5.41, 5.74) is 0.